The molecule has 15 heavy (non-hydrogen) atoms. The van der Waals surface area contributed by atoms with E-state index in [0.29, 0.717) is 0 Å². The molecule has 0 aliphatic carbocycles. The largest absolute Gasteiger partial charge is 0.187 e. The van der Waals surface area contributed by atoms with Gasteiger partial charge in [0.1, 0.15) is 5.43 Å². The molecule has 0 bridgehead atoms. The summed E-state index contributed by atoms with van der Waals surface area (Å²) in [4.78, 5) is 0. The van der Waals surface area contributed by atoms with Crippen LogP contribution in [0.2, 0.25) is 19.6 Å². The molecule has 0 N–H and O–H groups in total. The SMILES string of the molecule is C[Si](C)(C)c1pc(-c2ccccc2)ns1. The lowest BCUT2D eigenvalue weighted by atomic mass is 10.2. The second kappa shape index (κ2) is 4.16. The zero-order valence-corrected chi connectivity index (χ0v) is 11.9. The second-order valence-corrected chi connectivity index (χ2v) is 12.5. The van der Waals surface area contributed by atoms with Crippen molar-refractivity contribution in [3.05, 3.63) is 30.3 Å². The summed E-state index contributed by atoms with van der Waals surface area (Å²) in [5.74, 6) is 0. The molecule has 0 atom stereocenters. The molecule has 0 unspecified atom stereocenters. The fraction of sp³-hybridized carbons (Fsp3) is 0.273. The van der Waals surface area contributed by atoms with Crippen molar-refractivity contribution < 1.29 is 0 Å². The molecule has 0 spiro atoms. The fourth-order valence-electron chi connectivity index (χ4n) is 1.23. The van der Waals surface area contributed by atoms with Crippen molar-refractivity contribution in [1.82, 2.24) is 4.37 Å². The Morgan fingerprint density at radius 1 is 1.13 bits per heavy atom. The van der Waals surface area contributed by atoms with E-state index in [4.69, 9.17) is 0 Å². The summed E-state index contributed by atoms with van der Waals surface area (Å²) in [6.45, 7) is 7.14. The Balaban J connectivity index is 2.37. The van der Waals surface area contributed by atoms with E-state index in [0.717, 1.165) is 0 Å². The first-order chi connectivity index (χ1) is 7.07. The van der Waals surface area contributed by atoms with Crippen LogP contribution in [0.25, 0.3) is 11.0 Å². The molecule has 1 nitrogen and oxygen atoms in total. The van der Waals surface area contributed by atoms with E-state index in [2.05, 4.69) is 48.3 Å². The average molecular weight is 251 g/mol. The Hall–Kier alpha value is -0.503. The minimum Gasteiger partial charge on any atom is -0.187 e. The van der Waals surface area contributed by atoms with Gasteiger partial charge in [-0.15, -0.1) is 0 Å². The normalized spacial score (nSPS) is 12.2. The van der Waals surface area contributed by atoms with Crippen LogP contribution in [0.15, 0.2) is 30.3 Å². The summed E-state index contributed by atoms with van der Waals surface area (Å²) in [6, 6.07) is 10.5. The van der Waals surface area contributed by atoms with E-state index >= 15 is 0 Å². The molecule has 0 fully saturated rings. The predicted molar refractivity (Wildman–Crippen MR) is 73.0 cm³/mol. The highest BCUT2D eigenvalue weighted by Crippen LogP contribution is 2.28. The molecule has 1 heterocycles. The van der Waals surface area contributed by atoms with E-state index in [9.17, 15) is 0 Å². The fourth-order valence-corrected chi connectivity index (χ4v) is 5.70. The van der Waals surface area contributed by atoms with Crippen molar-refractivity contribution >= 4 is 32.0 Å². The average Bonchev–Trinajstić information content (AvgIpc) is 2.67. The molecule has 1 aromatic carbocycles. The Kier molecular flexibility index (Phi) is 3.05. The van der Waals surface area contributed by atoms with E-state index < -0.39 is 8.07 Å². The van der Waals surface area contributed by atoms with Gasteiger partial charge in [-0.25, -0.2) is 0 Å². The molecule has 2 rings (SSSR count). The molecule has 0 saturated heterocycles. The van der Waals surface area contributed by atoms with Crippen LogP contribution >= 0.6 is 19.7 Å². The minimum atomic E-state index is -1.15. The second-order valence-electron chi connectivity index (χ2n) is 4.54. The Morgan fingerprint density at radius 3 is 2.33 bits per heavy atom. The highest BCUT2D eigenvalue weighted by atomic mass is 32.1. The monoisotopic (exact) mass is 251 g/mol. The highest BCUT2D eigenvalue weighted by Gasteiger charge is 2.20. The van der Waals surface area contributed by atoms with Crippen molar-refractivity contribution in [1.29, 1.82) is 0 Å². The molecule has 4 heteroatoms. The van der Waals surface area contributed by atoms with E-state index in [1.54, 1.807) is 15.8 Å². The van der Waals surface area contributed by atoms with Crippen molar-refractivity contribution in [2.75, 3.05) is 0 Å². The zero-order chi connectivity index (χ0) is 10.9. The predicted octanol–water partition coefficient (Wildman–Crippen LogP) is 3.94. The first-order valence-electron chi connectivity index (χ1n) is 4.97. The molecular formula is C11H14NPSSi. The number of hydrogen-bond acceptors (Lipinski definition) is 2. The summed E-state index contributed by atoms with van der Waals surface area (Å²) < 4.78 is 6.14. The smallest absolute Gasteiger partial charge is 0.110 e. The Morgan fingerprint density at radius 2 is 1.80 bits per heavy atom. The first-order valence-corrected chi connectivity index (χ1v) is 10.1. The molecular weight excluding hydrogens is 237 g/mol. The van der Waals surface area contributed by atoms with Crippen LogP contribution in [-0.4, -0.2) is 12.4 Å². The summed E-state index contributed by atoms with van der Waals surface area (Å²) in [6.07, 6.45) is 0. The Labute approximate surface area is 97.5 Å². The minimum absolute atomic E-state index is 1.15. The third-order valence-electron chi connectivity index (χ3n) is 2.10. The van der Waals surface area contributed by atoms with Crippen molar-refractivity contribution in [2.24, 2.45) is 0 Å². The molecule has 0 aliphatic heterocycles. The van der Waals surface area contributed by atoms with Gasteiger partial charge < -0.3 is 0 Å². The topological polar surface area (TPSA) is 12.9 Å². The maximum absolute atomic E-state index is 4.57. The van der Waals surface area contributed by atoms with E-state index in [1.807, 2.05) is 6.07 Å². The number of benzene rings is 1. The lowest BCUT2D eigenvalue weighted by Crippen LogP contribution is -2.32. The third kappa shape index (κ3) is 2.54. The third-order valence-corrected chi connectivity index (χ3v) is 9.72. The summed E-state index contributed by atoms with van der Waals surface area (Å²) in [7, 11) is 0.190. The number of nitrogens with zero attached hydrogens (tertiary/aromatic N) is 1. The molecule has 0 radical (unpaired) electrons. The maximum atomic E-state index is 4.57. The van der Waals surface area contributed by atoms with E-state index in [1.165, 1.54) is 19.2 Å². The van der Waals surface area contributed by atoms with Gasteiger partial charge in [0.15, 0.2) is 0 Å². The molecule has 78 valence electrons. The molecule has 0 saturated carbocycles. The molecule has 1 aromatic heterocycles. The van der Waals surface area contributed by atoms with Crippen molar-refractivity contribution in [2.45, 2.75) is 19.6 Å². The quantitative estimate of drug-likeness (QED) is 0.737. The van der Waals surface area contributed by atoms with Gasteiger partial charge in [0.25, 0.3) is 0 Å². The maximum Gasteiger partial charge on any atom is 0.110 e. The van der Waals surface area contributed by atoms with Crippen LogP contribution < -0.4 is 4.23 Å². The van der Waals surface area contributed by atoms with Gasteiger partial charge in [0.05, 0.1) is 8.07 Å². The lowest BCUT2D eigenvalue weighted by molar-refractivity contribution is 1.57. The van der Waals surface area contributed by atoms with Gasteiger partial charge in [-0.1, -0.05) is 50.0 Å². The summed E-state index contributed by atoms with van der Waals surface area (Å²) >= 11 is 1.71. The number of aromatic nitrogens is 1. The van der Waals surface area contributed by atoms with Crippen LogP contribution in [0.3, 0.4) is 0 Å². The van der Waals surface area contributed by atoms with Gasteiger partial charge in [-0.3, -0.25) is 0 Å². The molecule has 0 amide bonds. The van der Waals surface area contributed by atoms with Crippen LogP contribution in [-0.2, 0) is 0 Å². The summed E-state index contributed by atoms with van der Waals surface area (Å²) in [5, 5.41) is 0. The van der Waals surface area contributed by atoms with Gasteiger partial charge in [-0.2, -0.15) is 4.37 Å². The van der Waals surface area contributed by atoms with Crippen LogP contribution in [0, 0.1) is 0 Å². The van der Waals surface area contributed by atoms with Crippen molar-refractivity contribution in [3.8, 4) is 11.0 Å². The zero-order valence-electron chi connectivity index (χ0n) is 9.19. The molecule has 2 aromatic rings. The van der Waals surface area contributed by atoms with Crippen LogP contribution in [0.1, 0.15) is 0 Å². The van der Waals surface area contributed by atoms with Crippen molar-refractivity contribution in [3.63, 3.8) is 0 Å². The Bertz CT molecular complexity index is 447. The molecule has 0 aliphatic rings. The summed E-state index contributed by atoms with van der Waals surface area (Å²) in [5.41, 5.74) is 2.48. The van der Waals surface area contributed by atoms with Crippen LogP contribution in [0.5, 0.6) is 0 Å². The van der Waals surface area contributed by atoms with Gasteiger partial charge in [0, 0.05) is 9.80 Å². The van der Waals surface area contributed by atoms with Crippen LogP contribution in [0.4, 0.5) is 0 Å². The van der Waals surface area contributed by atoms with E-state index in [-0.39, 0.29) is 0 Å². The highest BCUT2D eigenvalue weighted by molar-refractivity contribution is 7.55. The lowest BCUT2D eigenvalue weighted by Gasteiger charge is -2.10. The van der Waals surface area contributed by atoms with Gasteiger partial charge in [0.2, 0.25) is 0 Å². The van der Waals surface area contributed by atoms with Gasteiger partial charge >= 0.3 is 0 Å². The van der Waals surface area contributed by atoms with Gasteiger partial charge in [-0.05, 0) is 19.7 Å². The number of rotatable bonds is 2. The standard InChI is InChI=1S/C11H14NPSSi/c1-15(2,3)11-13-10(12-14-11)9-7-5-4-6-8-9/h4-8H,1-3H3. The number of hydrogen-bond donors (Lipinski definition) is 0. The first kappa shape index (κ1) is 11.0.